The minimum absolute atomic E-state index is 0.0439. The molecular weight excluding hydrogens is 612 g/mol. The van der Waals surface area contributed by atoms with Gasteiger partial charge in [0.15, 0.2) is 5.96 Å². The molecule has 0 radical (unpaired) electrons. The maximum Gasteiger partial charge on any atom is 0.336 e. The van der Waals surface area contributed by atoms with Gasteiger partial charge in [0.1, 0.15) is 17.7 Å². The van der Waals surface area contributed by atoms with E-state index < -0.39 is 53.3 Å². The lowest BCUT2D eigenvalue weighted by Gasteiger charge is -2.24. The van der Waals surface area contributed by atoms with Crippen molar-refractivity contribution in [3.05, 3.63) is 40.2 Å². The van der Waals surface area contributed by atoms with E-state index in [0.29, 0.717) is 61.7 Å². The van der Waals surface area contributed by atoms with Crippen molar-refractivity contribution >= 4 is 52.2 Å². The van der Waals surface area contributed by atoms with Gasteiger partial charge < -0.3 is 48.4 Å². The van der Waals surface area contributed by atoms with E-state index in [1.54, 1.807) is 12.1 Å². The van der Waals surface area contributed by atoms with Crippen LogP contribution in [0, 0.1) is 0 Å². The fourth-order valence-electron chi connectivity index (χ4n) is 4.43. The smallest absolute Gasteiger partial charge is 0.336 e. The molecule has 0 aliphatic carbocycles. The number of guanidine groups is 1. The van der Waals surface area contributed by atoms with Gasteiger partial charge in [0.25, 0.3) is 5.97 Å². The van der Waals surface area contributed by atoms with E-state index >= 15 is 0 Å². The van der Waals surface area contributed by atoms with Crippen LogP contribution in [0.15, 0.2) is 38.5 Å². The van der Waals surface area contributed by atoms with E-state index in [9.17, 15) is 24.0 Å². The number of rotatable bonds is 18. The van der Waals surface area contributed by atoms with Crippen LogP contribution in [0.25, 0.3) is 11.0 Å². The Labute approximate surface area is 273 Å². The number of fused-ring (bicyclic) bond motifs is 1. The van der Waals surface area contributed by atoms with Crippen LogP contribution in [0.5, 0.6) is 0 Å². The van der Waals surface area contributed by atoms with Crippen molar-refractivity contribution in [1.82, 2.24) is 10.6 Å². The molecule has 0 saturated carbocycles. The second kappa shape index (κ2) is 20.9. The standard InChI is InChI=1S/C29H44N8O6.C2H4O2/c1-3-5-9-21(27(41)35-18-11-12-19-17(14-24(31)38)15-25(39)43-23(19)16-18)37-28(42)22(10-6-4-2)36-26(40)20(30)8-7-13-34-29(32)33;1-2(3)4/h11-12,15-16,20-22H,3-10,13-14,30H2,1-2H3,(H2,31,38)(H,35,41)(H,36,40)(H,37,42)(H4,32,33,34);1H3,(H,3,4)/t20-,21-,22-;/m0./s1. The predicted octanol–water partition coefficient (Wildman–Crippen LogP) is 0.581. The predicted molar refractivity (Wildman–Crippen MR) is 178 cm³/mol. The number of nitrogens with one attached hydrogen (secondary N) is 3. The van der Waals surface area contributed by atoms with E-state index in [1.165, 1.54) is 12.1 Å². The van der Waals surface area contributed by atoms with Gasteiger partial charge in [-0.15, -0.1) is 0 Å². The number of primary amides is 1. The monoisotopic (exact) mass is 660 g/mol. The average molecular weight is 661 g/mol. The molecule has 0 spiro atoms. The van der Waals surface area contributed by atoms with Gasteiger partial charge in [-0.25, -0.2) is 4.79 Å². The van der Waals surface area contributed by atoms with Crippen LogP contribution in [0.3, 0.4) is 0 Å². The van der Waals surface area contributed by atoms with Gasteiger partial charge >= 0.3 is 5.63 Å². The van der Waals surface area contributed by atoms with Gasteiger partial charge in [0.05, 0.1) is 12.5 Å². The lowest BCUT2D eigenvalue weighted by molar-refractivity contribution is -0.134. The van der Waals surface area contributed by atoms with Gasteiger partial charge in [0, 0.05) is 36.7 Å². The average Bonchev–Trinajstić information content (AvgIpc) is 2.98. The molecule has 2 aromatic rings. The van der Waals surface area contributed by atoms with Crippen LogP contribution >= 0.6 is 0 Å². The molecule has 0 unspecified atom stereocenters. The molecule has 1 aromatic heterocycles. The Kier molecular flexibility index (Phi) is 17.8. The van der Waals surface area contributed by atoms with Crippen molar-refractivity contribution in [2.45, 2.75) is 96.7 Å². The summed E-state index contributed by atoms with van der Waals surface area (Å²) in [5, 5.41) is 16.2. The molecule has 3 atom stereocenters. The Morgan fingerprint density at radius 3 is 2.00 bits per heavy atom. The second-order valence-corrected chi connectivity index (χ2v) is 10.9. The molecule has 4 amide bonds. The first-order valence-electron chi connectivity index (χ1n) is 15.5. The number of nitrogens with zero attached hydrogens (tertiary/aromatic N) is 1. The third kappa shape index (κ3) is 15.7. The number of carbonyl (C=O) groups is 5. The third-order valence-corrected chi connectivity index (χ3v) is 6.73. The lowest BCUT2D eigenvalue weighted by atomic mass is 10.0. The SMILES string of the molecule is CC(=O)O.CCCC[C@H](NC(=O)[C@H](CCCC)NC(=O)[C@@H](N)CCCN=C(N)N)C(=O)Nc1ccc2c(CC(N)=O)cc(=O)oc2c1. The first-order chi connectivity index (χ1) is 22.2. The van der Waals surface area contributed by atoms with E-state index in [4.69, 9.17) is 37.3 Å². The van der Waals surface area contributed by atoms with E-state index in [-0.39, 0.29) is 18.0 Å². The fourth-order valence-corrected chi connectivity index (χ4v) is 4.43. The minimum Gasteiger partial charge on any atom is -0.481 e. The molecule has 2 rings (SSSR count). The largest absolute Gasteiger partial charge is 0.481 e. The Hall–Kier alpha value is -4.99. The number of amides is 4. The van der Waals surface area contributed by atoms with Crippen molar-refractivity contribution < 1.29 is 33.5 Å². The van der Waals surface area contributed by atoms with Crippen molar-refractivity contribution in [1.29, 1.82) is 0 Å². The molecule has 16 heteroatoms. The van der Waals surface area contributed by atoms with Crippen LogP contribution in [-0.4, -0.2) is 65.3 Å². The normalized spacial score (nSPS) is 12.4. The number of nitrogens with two attached hydrogens (primary N) is 4. The molecule has 0 aliphatic rings. The molecule has 0 bridgehead atoms. The van der Waals surface area contributed by atoms with Crippen LogP contribution in [0.2, 0.25) is 0 Å². The number of hydrogen-bond acceptors (Lipinski definition) is 9. The van der Waals surface area contributed by atoms with Gasteiger partial charge in [-0.1, -0.05) is 39.5 Å². The number of unbranched alkanes of at least 4 members (excludes halogenated alkanes) is 2. The first kappa shape index (κ1) is 40.0. The second-order valence-electron chi connectivity index (χ2n) is 10.9. The lowest BCUT2D eigenvalue weighted by Crippen LogP contribution is -2.55. The van der Waals surface area contributed by atoms with Crippen LogP contribution < -0.4 is 44.5 Å². The van der Waals surface area contributed by atoms with Crippen molar-refractivity contribution in [2.75, 3.05) is 11.9 Å². The summed E-state index contributed by atoms with van der Waals surface area (Å²) in [7, 11) is 0. The third-order valence-electron chi connectivity index (χ3n) is 6.73. The molecule has 47 heavy (non-hydrogen) atoms. The number of hydrogen-bond donors (Lipinski definition) is 8. The highest BCUT2D eigenvalue weighted by Crippen LogP contribution is 2.22. The summed E-state index contributed by atoms with van der Waals surface area (Å²) in [5.41, 5.74) is 22.2. The molecule has 0 fully saturated rings. The maximum absolute atomic E-state index is 13.3. The number of carboxylic acid groups (broad SMARTS) is 1. The number of aliphatic imine (C=N–C) groups is 1. The number of aliphatic carboxylic acids is 1. The first-order valence-corrected chi connectivity index (χ1v) is 15.5. The Morgan fingerprint density at radius 1 is 0.872 bits per heavy atom. The molecule has 12 N–H and O–H groups in total. The quantitative estimate of drug-likeness (QED) is 0.0473. The van der Waals surface area contributed by atoms with E-state index in [0.717, 1.165) is 19.8 Å². The minimum atomic E-state index is -0.898. The number of anilines is 1. The van der Waals surface area contributed by atoms with Gasteiger partial charge in [0.2, 0.25) is 23.6 Å². The summed E-state index contributed by atoms with van der Waals surface area (Å²) in [6.07, 6.45) is 4.31. The summed E-state index contributed by atoms with van der Waals surface area (Å²) in [6, 6.07) is 3.25. The molecule has 260 valence electrons. The summed E-state index contributed by atoms with van der Waals surface area (Å²) in [6.45, 7) is 5.34. The van der Waals surface area contributed by atoms with Crippen molar-refractivity contribution in [3.8, 4) is 0 Å². The van der Waals surface area contributed by atoms with Gasteiger partial charge in [-0.3, -0.25) is 29.0 Å². The zero-order valence-corrected chi connectivity index (χ0v) is 27.2. The zero-order chi connectivity index (χ0) is 35.5. The zero-order valence-electron chi connectivity index (χ0n) is 27.2. The summed E-state index contributed by atoms with van der Waals surface area (Å²) in [4.78, 5) is 75.7. The summed E-state index contributed by atoms with van der Waals surface area (Å²) in [5.74, 6) is -2.93. The number of carboxylic acids is 1. The number of benzene rings is 1. The van der Waals surface area contributed by atoms with Crippen LogP contribution in [0.4, 0.5) is 5.69 Å². The molecule has 0 aliphatic heterocycles. The number of carbonyl (C=O) groups excluding carboxylic acids is 4. The molecule has 1 heterocycles. The van der Waals surface area contributed by atoms with Crippen molar-refractivity contribution in [3.63, 3.8) is 0 Å². The van der Waals surface area contributed by atoms with Gasteiger partial charge in [-0.05, 0) is 43.4 Å². The molecule has 1 aromatic carbocycles. The van der Waals surface area contributed by atoms with Crippen LogP contribution in [0.1, 0.15) is 77.7 Å². The Balaban J connectivity index is 0.00000260. The van der Waals surface area contributed by atoms with Crippen LogP contribution in [-0.2, 0) is 30.4 Å². The maximum atomic E-state index is 13.3. The highest BCUT2D eigenvalue weighted by Gasteiger charge is 2.28. The molecule has 0 saturated heterocycles. The molecule has 16 nitrogen and oxygen atoms in total. The van der Waals surface area contributed by atoms with Crippen molar-refractivity contribution in [2.24, 2.45) is 27.9 Å². The summed E-state index contributed by atoms with van der Waals surface area (Å²) < 4.78 is 5.27. The Morgan fingerprint density at radius 2 is 1.45 bits per heavy atom. The highest BCUT2D eigenvalue weighted by atomic mass is 16.4. The van der Waals surface area contributed by atoms with Gasteiger partial charge in [-0.2, -0.15) is 0 Å². The Bertz CT molecular complexity index is 1450. The fraction of sp³-hybridized carbons (Fsp3) is 0.516. The summed E-state index contributed by atoms with van der Waals surface area (Å²) >= 11 is 0. The topological polar surface area (TPSA) is 288 Å². The molecular formula is C31H48N8O8. The van der Waals surface area contributed by atoms with E-state index in [2.05, 4.69) is 20.9 Å². The highest BCUT2D eigenvalue weighted by molar-refractivity contribution is 6.00. The van der Waals surface area contributed by atoms with E-state index in [1.807, 2.05) is 13.8 Å².